The predicted molar refractivity (Wildman–Crippen MR) is 123 cm³/mol. The molecule has 0 bridgehead atoms. The molecule has 4 rings (SSSR count). The summed E-state index contributed by atoms with van der Waals surface area (Å²) in [5.41, 5.74) is 11.0. The van der Waals surface area contributed by atoms with E-state index < -0.39 is 22.8 Å². The third-order valence-electron chi connectivity index (χ3n) is 5.56. The fourth-order valence-electron chi connectivity index (χ4n) is 3.55. The number of anilines is 1. The number of nitrogens with two attached hydrogens (primary N) is 1. The highest BCUT2D eigenvalue weighted by atomic mass is 31.0. The lowest BCUT2D eigenvalue weighted by molar-refractivity contribution is -0.118. The normalized spacial score (nSPS) is 11.8. The number of hydrogen-bond donors (Lipinski definition) is 1. The lowest BCUT2D eigenvalue weighted by atomic mass is 9.92. The molecule has 0 aliphatic heterocycles. The fraction of sp³-hybridized carbons (Fsp3) is 0.292. The first-order valence-electron chi connectivity index (χ1n) is 10.3. The van der Waals surface area contributed by atoms with Gasteiger partial charge in [-0.25, -0.2) is 23.1 Å². The number of rotatable bonds is 3. The number of carbonyl (C=O) groups is 1. The van der Waals surface area contributed by atoms with Crippen LogP contribution in [0, 0.1) is 31.3 Å². The minimum Gasteiger partial charge on any atom is -0.382 e. The van der Waals surface area contributed by atoms with Gasteiger partial charge in [0.05, 0.1) is 17.1 Å². The lowest BCUT2D eigenvalue weighted by Gasteiger charge is -2.18. The van der Waals surface area contributed by atoms with Gasteiger partial charge in [-0.3, -0.25) is 4.79 Å². The molecule has 2 N–H and O–H groups in total. The molecule has 0 saturated heterocycles. The molecule has 1 aliphatic carbocycles. The summed E-state index contributed by atoms with van der Waals surface area (Å²) in [6.45, 7) is 4.81. The van der Waals surface area contributed by atoms with Crippen LogP contribution >= 0.6 is 9.24 Å². The molecule has 0 spiro atoms. The first kappa shape index (κ1) is 23.9. The summed E-state index contributed by atoms with van der Waals surface area (Å²) < 4.78 is 40.1. The van der Waals surface area contributed by atoms with E-state index in [0.29, 0.717) is 5.82 Å². The maximum absolute atomic E-state index is 13.6. The second-order valence-electron chi connectivity index (χ2n) is 7.67. The number of fused-ring (bicyclic) bond motifs is 3. The van der Waals surface area contributed by atoms with Crippen LogP contribution in [0.1, 0.15) is 41.4 Å². The van der Waals surface area contributed by atoms with Crippen molar-refractivity contribution in [3.05, 3.63) is 69.8 Å². The number of carbonyl (C=O) groups excluding carboxylic acids is 1. The van der Waals surface area contributed by atoms with E-state index in [0.717, 1.165) is 29.9 Å². The van der Waals surface area contributed by atoms with Crippen LogP contribution in [0.3, 0.4) is 0 Å². The Hall–Kier alpha value is -2.79. The topological polar surface area (TPSA) is 68.9 Å². The Morgan fingerprint density at radius 3 is 2.44 bits per heavy atom. The number of benzene rings is 2. The molecule has 168 valence electrons. The third kappa shape index (κ3) is 4.68. The van der Waals surface area contributed by atoms with E-state index in [1.165, 1.54) is 18.1 Å². The zero-order valence-electron chi connectivity index (χ0n) is 18.2. The summed E-state index contributed by atoms with van der Waals surface area (Å²) in [6, 6.07) is 8.38. The molecule has 1 aliphatic rings. The molecule has 0 radical (unpaired) electrons. The molecule has 2 aromatic carbocycles. The summed E-state index contributed by atoms with van der Waals surface area (Å²) in [5, 5.41) is -0.456. The first-order chi connectivity index (χ1) is 15.1. The van der Waals surface area contributed by atoms with Crippen molar-refractivity contribution in [1.82, 2.24) is 9.97 Å². The van der Waals surface area contributed by atoms with Crippen LogP contribution in [0.5, 0.6) is 0 Å². The van der Waals surface area contributed by atoms with Crippen molar-refractivity contribution in [3.8, 4) is 11.3 Å². The number of aromatic nitrogens is 2. The van der Waals surface area contributed by atoms with Gasteiger partial charge in [-0.05, 0) is 37.8 Å². The minimum atomic E-state index is -1.22. The van der Waals surface area contributed by atoms with Crippen LogP contribution in [0.4, 0.5) is 19.0 Å². The van der Waals surface area contributed by atoms with Gasteiger partial charge in [-0.15, -0.1) is 0 Å². The number of Topliss-reactive ketones (excluding diaryl/α,β-unsaturated/α-hetero) is 1. The smallest absolute Gasteiger partial charge is 0.169 e. The quantitative estimate of drug-likeness (QED) is 0.460. The Labute approximate surface area is 187 Å². The van der Waals surface area contributed by atoms with Crippen molar-refractivity contribution < 1.29 is 18.0 Å². The van der Waals surface area contributed by atoms with E-state index in [9.17, 15) is 18.0 Å². The van der Waals surface area contributed by atoms with Gasteiger partial charge in [-0.1, -0.05) is 40.4 Å². The van der Waals surface area contributed by atoms with Gasteiger partial charge in [-0.2, -0.15) is 0 Å². The van der Waals surface area contributed by atoms with Gasteiger partial charge in [0.2, 0.25) is 0 Å². The van der Waals surface area contributed by atoms with E-state index >= 15 is 0 Å². The van der Waals surface area contributed by atoms with E-state index in [4.69, 9.17) is 5.73 Å². The lowest BCUT2D eigenvalue weighted by Crippen LogP contribution is -2.16. The van der Waals surface area contributed by atoms with Crippen molar-refractivity contribution in [2.45, 2.75) is 46.5 Å². The highest BCUT2D eigenvalue weighted by Gasteiger charge is 2.21. The molecule has 1 unspecified atom stereocenters. The zero-order valence-corrected chi connectivity index (χ0v) is 19.4. The van der Waals surface area contributed by atoms with Crippen LogP contribution in [0.25, 0.3) is 11.3 Å². The first-order valence-corrected chi connectivity index (χ1v) is 10.9. The third-order valence-corrected chi connectivity index (χ3v) is 6.07. The number of halogens is 3. The monoisotopic (exact) mass is 459 g/mol. The van der Waals surface area contributed by atoms with Gasteiger partial charge < -0.3 is 5.73 Å². The molecule has 0 saturated carbocycles. The van der Waals surface area contributed by atoms with Crippen molar-refractivity contribution in [2.75, 3.05) is 5.73 Å². The standard InChI is InChI=1S/C13H13N3.C11H12F3OP/c1-8-13(14)16-11-7-6-9-4-2-3-5-10(9)12(11)15-8;1-3-6(15)4-7-5(2)8(12)10(14)11(16)9(7)13/h2-5H,6-7H2,1H3,(H2,14,16);3-4,16H2,1-2H3. The van der Waals surface area contributed by atoms with Gasteiger partial charge >= 0.3 is 0 Å². The molecular weight excluding hydrogens is 434 g/mol. The van der Waals surface area contributed by atoms with Gasteiger partial charge in [0, 0.05) is 29.3 Å². The average Bonchev–Trinajstić information content (AvgIpc) is 2.80. The van der Waals surface area contributed by atoms with Crippen molar-refractivity contribution in [1.29, 1.82) is 0 Å². The minimum absolute atomic E-state index is 0.0595. The van der Waals surface area contributed by atoms with Gasteiger partial charge in [0.15, 0.2) is 11.6 Å². The molecule has 4 nitrogen and oxygen atoms in total. The highest BCUT2D eigenvalue weighted by Crippen LogP contribution is 2.31. The fourth-order valence-corrected chi connectivity index (χ4v) is 3.85. The number of nitrogens with zero attached hydrogens (tertiary/aromatic N) is 2. The van der Waals surface area contributed by atoms with Crippen molar-refractivity contribution >= 4 is 26.1 Å². The van der Waals surface area contributed by atoms with Crippen LogP contribution < -0.4 is 11.0 Å². The van der Waals surface area contributed by atoms with E-state index in [1.807, 2.05) is 22.2 Å². The highest BCUT2D eigenvalue weighted by molar-refractivity contribution is 7.27. The summed E-state index contributed by atoms with van der Waals surface area (Å²) in [5.74, 6) is -2.82. The Morgan fingerprint density at radius 2 is 1.75 bits per heavy atom. The SMILES string of the molecule is CCC(=O)Cc1c(C)c(F)c(F)c(P)c1F.Cc1nc2c(nc1N)CCc1ccccc1-2. The number of nitrogen functional groups attached to an aromatic ring is 1. The summed E-state index contributed by atoms with van der Waals surface area (Å²) in [6.07, 6.45) is 2.00. The number of ketones is 1. The summed E-state index contributed by atoms with van der Waals surface area (Å²) in [4.78, 5) is 20.2. The zero-order chi connectivity index (χ0) is 23.6. The average molecular weight is 459 g/mol. The molecular formula is C24H25F3N3OP. The Morgan fingerprint density at radius 1 is 1.06 bits per heavy atom. The number of hydrogen-bond acceptors (Lipinski definition) is 4. The summed E-state index contributed by atoms with van der Waals surface area (Å²) in [7, 11) is 1.81. The van der Waals surface area contributed by atoms with Gasteiger partial charge in [0.1, 0.15) is 17.4 Å². The number of aryl methyl sites for hydroxylation is 3. The van der Waals surface area contributed by atoms with Crippen LogP contribution in [-0.4, -0.2) is 15.8 Å². The van der Waals surface area contributed by atoms with E-state index in [2.05, 4.69) is 28.2 Å². The van der Waals surface area contributed by atoms with E-state index in [-0.39, 0.29) is 29.8 Å². The van der Waals surface area contributed by atoms with Gasteiger partial charge in [0.25, 0.3) is 0 Å². The Kier molecular flexibility index (Phi) is 7.29. The van der Waals surface area contributed by atoms with Crippen molar-refractivity contribution in [3.63, 3.8) is 0 Å². The molecule has 1 aromatic heterocycles. The molecule has 8 heteroatoms. The van der Waals surface area contributed by atoms with Crippen LogP contribution in [0.15, 0.2) is 24.3 Å². The second-order valence-corrected chi connectivity index (χ2v) is 8.25. The Bertz CT molecular complexity index is 1170. The van der Waals surface area contributed by atoms with Crippen LogP contribution in [0.2, 0.25) is 0 Å². The Balaban J connectivity index is 0.000000181. The second kappa shape index (κ2) is 9.78. The molecule has 3 aromatic rings. The molecule has 0 amide bonds. The molecule has 1 heterocycles. The molecule has 32 heavy (non-hydrogen) atoms. The predicted octanol–water partition coefficient (Wildman–Crippen LogP) is 4.57. The maximum atomic E-state index is 13.6. The van der Waals surface area contributed by atoms with Crippen LogP contribution in [-0.2, 0) is 24.1 Å². The largest absolute Gasteiger partial charge is 0.382 e. The molecule has 1 atom stereocenters. The molecule has 0 fully saturated rings. The summed E-state index contributed by atoms with van der Waals surface area (Å²) >= 11 is 0. The maximum Gasteiger partial charge on any atom is 0.169 e. The van der Waals surface area contributed by atoms with E-state index in [1.54, 1.807) is 6.92 Å². The van der Waals surface area contributed by atoms with Crippen molar-refractivity contribution in [2.24, 2.45) is 0 Å².